The smallest absolute Gasteiger partial charge is 0.157 e. The first-order chi connectivity index (χ1) is 14.5. The summed E-state index contributed by atoms with van der Waals surface area (Å²) in [5, 5.41) is 23.7. The minimum Gasteiger partial charge on any atom is -0.374 e. The summed E-state index contributed by atoms with van der Waals surface area (Å²) in [6.45, 7) is 7.68. The van der Waals surface area contributed by atoms with Crippen LogP contribution in [0.15, 0.2) is 30.5 Å². The van der Waals surface area contributed by atoms with Gasteiger partial charge in [-0.3, -0.25) is 0 Å². The largest absolute Gasteiger partial charge is 0.374 e. The highest BCUT2D eigenvalue weighted by atomic mass is 16.5. The maximum Gasteiger partial charge on any atom is 0.157 e. The maximum absolute atomic E-state index is 9.35. The molecule has 3 atom stereocenters. The number of nitrogens with zero attached hydrogens (tertiary/aromatic N) is 5. The van der Waals surface area contributed by atoms with Crippen molar-refractivity contribution in [2.45, 2.75) is 45.4 Å². The summed E-state index contributed by atoms with van der Waals surface area (Å²) in [4.78, 5) is 7.07. The minimum atomic E-state index is -0.0219. The van der Waals surface area contributed by atoms with E-state index in [-0.39, 0.29) is 6.04 Å². The van der Waals surface area contributed by atoms with Gasteiger partial charge in [0.05, 0.1) is 42.1 Å². The fourth-order valence-corrected chi connectivity index (χ4v) is 4.63. The molecule has 5 rings (SSSR count). The number of hydrogen-bond donors (Lipinski definition) is 1. The van der Waals surface area contributed by atoms with Crippen molar-refractivity contribution in [3.63, 3.8) is 0 Å². The van der Waals surface area contributed by atoms with Crippen molar-refractivity contribution in [1.29, 1.82) is 5.26 Å². The van der Waals surface area contributed by atoms with Gasteiger partial charge in [-0.1, -0.05) is 12.1 Å². The summed E-state index contributed by atoms with van der Waals surface area (Å²) < 4.78 is 5.74. The van der Waals surface area contributed by atoms with Crippen LogP contribution >= 0.6 is 0 Å². The van der Waals surface area contributed by atoms with Crippen molar-refractivity contribution in [1.82, 2.24) is 15.2 Å². The van der Waals surface area contributed by atoms with Gasteiger partial charge >= 0.3 is 0 Å². The molecule has 0 aliphatic carbocycles. The average Bonchev–Trinajstić information content (AvgIpc) is 3.39. The van der Waals surface area contributed by atoms with Crippen LogP contribution in [-0.4, -0.2) is 40.5 Å². The van der Waals surface area contributed by atoms with E-state index in [0.29, 0.717) is 17.7 Å². The molecule has 2 saturated heterocycles. The molecule has 2 bridgehead atoms. The number of ether oxygens (including phenoxy) is 1. The van der Waals surface area contributed by atoms with Crippen LogP contribution in [-0.2, 0) is 4.74 Å². The molecule has 0 amide bonds. The predicted molar refractivity (Wildman–Crippen MR) is 115 cm³/mol. The first-order valence-electron chi connectivity index (χ1n) is 10.3. The molecule has 0 radical (unpaired) electrons. The van der Waals surface area contributed by atoms with Gasteiger partial charge in [0.15, 0.2) is 5.82 Å². The van der Waals surface area contributed by atoms with E-state index in [1.54, 1.807) is 0 Å². The lowest BCUT2D eigenvalue weighted by Gasteiger charge is -2.28. The van der Waals surface area contributed by atoms with E-state index >= 15 is 0 Å². The summed E-state index contributed by atoms with van der Waals surface area (Å²) in [6.07, 6.45) is 3.29. The Labute approximate surface area is 175 Å². The Kier molecular flexibility index (Phi) is 4.52. The molecular formula is C23H24N6O. The molecule has 3 aromatic rings. The lowest BCUT2D eigenvalue weighted by Crippen LogP contribution is -2.37. The Morgan fingerprint density at radius 1 is 1.27 bits per heavy atom. The van der Waals surface area contributed by atoms with Gasteiger partial charge in [0, 0.05) is 23.5 Å². The highest BCUT2D eigenvalue weighted by molar-refractivity contribution is 5.94. The van der Waals surface area contributed by atoms with Gasteiger partial charge in [-0.2, -0.15) is 10.4 Å². The van der Waals surface area contributed by atoms with Gasteiger partial charge in [-0.15, -0.1) is 5.10 Å². The van der Waals surface area contributed by atoms with Gasteiger partial charge in [0.25, 0.3) is 0 Å². The number of hydrogen-bond acceptors (Lipinski definition) is 7. The Morgan fingerprint density at radius 3 is 2.87 bits per heavy atom. The van der Waals surface area contributed by atoms with Crippen molar-refractivity contribution < 1.29 is 4.74 Å². The van der Waals surface area contributed by atoms with Gasteiger partial charge in [0.2, 0.25) is 0 Å². The zero-order valence-electron chi connectivity index (χ0n) is 17.4. The van der Waals surface area contributed by atoms with Crippen molar-refractivity contribution in [2.24, 2.45) is 0 Å². The molecule has 152 valence electrons. The zero-order chi connectivity index (χ0) is 20.8. The van der Waals surface area contributed by atoms with Crippen molar-refractivity contribution in [3.8, 4) is 6.07 Å². The first kappa shape index (κ1) is 18.8. The summed E-state index contributed by atoms with van der Waals surface area (Å²) in [5.41, 5.74) is 3.61. The molecule has 1 aromatic carbocycles. The highest BCUT2D eigenvalue weighted by Gasteiger charge is 2.39. The monoisotopic (exact) mass is 400 g/mol. The fraction of sp³-hybridized carbons (Fsp3) is 0.391. The fourth-order valence-electron chi connectivity index (χ4n) is 4.63. The number of anilines is 2. The lowest BCUT2D eigenvalue weighted by atomic mass is 9.98. The molecule has 2 aromatic heterocycles. The van der Waals surface area contributed by atoms with Crippen molar-refractivity contribution in [3.05, 3.63) is 52.8 Å². The first-order valence-corrected chi connectivity index (χ1v) is 10.3. The number of nitriles is 1. The summed E-state index contributed by atoms with van der Waals surface area (Å²) in [5.74, 6) is 1.69. The number of aryl methyl sites for hydroxylation is 1. The van der Waals surface area contributed by atoms with E-state index in [1.807, 2.05) is 38.2 Å². The van der Waals surface area contributed by atoms with Crippen LogP contribution in [0.5, 0.6) is 0 Å². The second-order valence-electron chi connectivity index (χ2n) is 8.22. The number of nitrogens with one attached hydrogen (secondary N) is 1. The Balaban J connectivity index is 1.52. The summed E-state index contributed by atoms with van der Waals surface area (Å²) >= 11 is 0. The predicted octanol–water partition coefficient (Wildman–Crippen LogP) is 3.66. The summed E-state index contributed by atoms with van der Waals surface area (Å²) in [6, 6.07) is 10.6. The average molecular weight is 400 g/mol. The topological polar surface area (TPSA) is 87.0 Å². The van der Waals surface area contributed by atoms with E-state index in [4.69, 9.17) is 9.72 Å². The van der Waals surface area contributed by atoms with Crippen LogP contribution in [0, 0.1) is 25.2 Å². The molecule has 2 fully saturated rings. The molecule has 7 heteroatoms. The van der Waals surface area contributed by atoms with Crippen LogP contribution in [0.4, 0.5) is 11.6 Å². The third-order valence-electron chi connectivity index (χ3n) is 6.34. The maximum atomic E-state index is 9.35. The van der Waals surface area contributed by atoms with Crippen LogP contribution in [0.1, 0.15) is 41.8 Å². The van der Waals surface area contributed by atoms with Crippen LogP contribution in [0.3, 0.4) is 0 Å². The minimum absolute atomic E-state index is 0.0219. The molecular weight excluding hydrogens is 376 g/mol. The third kappa shape index (κ3) is 3.04. The normalized spacial score (nSPS) is 21.1. The summed E-state index contributed by atoms with van der Waals surface area (Å²) in [7, 11) is 0. The lowest BCUT2D eigenvalue weighted by molar-refractivity contribution is 0.0989. The molecule has 2 aliphatic rings. The standard InChI is InChI=1S/C23H24N6O/c1-13-16(9-24)5-4-6-19(13)14(2)26-23-20-8-22(25-10-21(20)15(3)27-28-23)29-11-18-7-17(29)12-30-18/h4-6,8,10,14,17-18H,7,11-12H2,1-3H3,(H,26,28)/t14-,17-,18-/m1/s1. The van der Waals surface area contributed by atoms with Crippen molar-refractivity contribution in [2.75, 3.05) is 23.4 Å². The van der Waals surface area contributed by atoms with E-state index in [9.17, 15) is 5.26 Å². The molecule has 2 aliphatic heterocycles. The van der Waals surface area contributed by atoms with E-state index in [0.717, 1.165) is 58.8 Å². The molecule has 7 nitrogen and oxygen atoms in total. The number of morpholine rings is 1. The number of aromatic nitrogens is 3. The molecule has 4 heterocycles. The van der Waals surface area contributed by atoms with Gasteiger partial charge in [0.1, 0.15) is 5.82 Å². The van der Waals surface area contributed by atoms with Crippen molar-refractivity contribution >= 4 is 22.4 Å². The Hall–Kier alpha value is -3.24. The van der Waals surface area contributed by atoms with Crippen LogP contribution < -0.4 is 10.2 Å². The van der Waals surface area contributed by atoms with E-state index in [1.165, 1.54) is 0 Å². The second-order valence-corrected chi connectivity index (χ2v) is 8.22. The Morgan fingerprint density at radius 2 is 2.13 bits per heavy atom. The third-order valence-corrected chi connectivity index (χ3v) is 6.34. The number of fused-ring (bicyclic) bond motifs is 3. The molecule has 30 heavy (non-hydrogen) atoms. The number of rotatable bonds is 4. The van der Waals surface area contributed by atoms with E-state index < -0.39 is 0 Å². The zero-order valence-corrected chi connectivity index (χ0v) is 17.4. The number of benzene rings is 1. The van der Waals surface area contributed by atoms with Crippen LogP contribution in [0.2, 0.25) is 0 Å². The number of pyridine rings is 1. The van der Waals surface area contributed by atoms with Gasteiger partial charge in [-0.25, -0.2) is 4.98 Å². The van der Waals surface area contributed by atoms with E-state index in [2.05, 4.69) is 39.5 Å². The second kappa shape index (κ2) is 7.22. The molecule has 0 unspecified atom stereocenters. The highest BCUT2D eigenvalue weighted by Crippen LogP contribution is 2.35. The van der Waals surface area contributed by atoms with Gasteiger partial charge in [-0.05, 0) is 50.5 Å². The van der Waals surface area contributed by atoms with Crippen LogP contribution in [0.25, 0.3) is 10.8 Å². The molecule has 0 saturated carbocycles. The quantitative estimate of drug-likeness (QED) is 0.715. The SMILES string of the molecule is Cc1c(C#N)cccc1[C@@H](C)Nc1nnc(C)c2cnc(N3C[C@H]4C[C@@H]3CO4)cc12. The molecule has 1 N–H and O–H groups in total. The van der Waals surface area contributed by atoms with Gasteiger partial charge < -0.3 is 15.0 Å². The Bertz CT molecular complexity index is 1170. The molecule has 0 spiro atoms.